The molecule has 0 amide bonds. The fourth-order valence-electron chi connectivity index (χ4n) is 5.77. The van der Waals surface area contributed by atoms with Crippen LogP contribution in [-0.4, -0.2) is 28.2 Å². The van der Waals surface area contributed by atoms with Gasteiger partial charge >= 0.3 is 0 Å². The molecule has 0 heterocycles. The van der Waals surface area contributed by atoms with E-state index >= 15 is 0 Å². The Labute approximate surface area is 226 Å². The molecule has 0 aliphatic heterocycles. The zero-order chi connectivity index (χ0) is 28.4. The molecule has 0 radical (unpaired) electrons. The number of hydrogen-bond acceptors (Lipinski definition) is 5. The molecule has 3 atom stereocenters. The van der Waals surface area contributed by atoms with E-state index in [4.69, 9.17) is 0 Å². The van der Waals surface area contributed by atoms with Crippen molar-refractivity contribution in [1.29, 1.82) is 0 Å². The summed E-state index contributed by atoms with van der Waals surface area (Å²) in [7, 11) is 0. The SMILES string of the molecule is C=C(C)C(=O)CC/C(C)=C/C[C@@H]1C[C@]2(CC=C(C)C)C(=O)/C(=C(/O)c3ccccc3)C(=O)[C@@H](C2=O)C1(C)C. The predicted molar refractivity (Wildman–Crippen MR) is 150 cm³/mol. The van der Waals surface area contributed by atoms with Crippen LogP contribution in [0.1, 0.15) is 79.2 Å². The van der Waals surface area contributed by atoms with E-state index in [0.717, 1.165) is 11.1 Å². The van der Waals surface area contributed by atoms with Crippen molar-refractivity contribution in [3.63, 3.8) is 0 Å². The van der Waals surface area contributed by atoms with Crippen LogP contribution in [0.2, 0.25) is 0 Å². The number of rotatable bonds is 9. The summed E-state index contributed by atoms with van der Waals surface area (Å²) in [6, 6.07) is 8.55. The number of ketones is 4. The second kappa shape index (κ2) is 11.2. The van der Waals surface area contributed by atoms with Gasteiger partial charge in [-0.3, -0.25) is 19.2 Å². The number of fused-ring (bicyclic) bond motifs is 2. The van der Waals surface area contributed by atoms with E-state index in [1.54, 1.807) is 37.3 Å². The van der Waals surface area contributed by atoms with Gasteiger partial charge in [0.05, 0.1) is 11.3 Å². The summed E-state index contributed by atoms with van der Waals surface area (Å²) in [5, 5.41) is 11.1. The highest BCUT2D eigenvalue weighted by molar-refractivity contribution is 6.39. The summed E-state index contributed by atoms with van der Waals surface area (Å²) < 4.78 is 0. The van der Waals surface area contributed by atoms with Gasteiger partial charge in [0.2, 0.25) is 0 Å². The molecule has 0 unspecified atom stereocenters. The number of Topliss-reactive ketones (excluding diaryl/α,β-unsaturated/α-hetero) is 4. The lowest BCUT2D eigenvalue weighted by atomic mass is 9.46. The minimum atomic E-state index is -1.40. The lowest BCUT2D eigenvalue weighted by Gasteiger charge is -2.53. The Kier molecular flexibility index (Phi) is 8.60. The fourth-order valence-corrected chi connectivity index (χ4v) is 5.77. The molecule has 202 valence electrons. The second-order valence-corrected chi connectivity index (χ2v) is 11.9. The van der Waals surface area contributed by atoms with Crippen molar-refractivity contribution in [3.05, 3.63) is 76.9 Å². The number of aliphatic hydroxyl groups excluding tert-OH is 1. The van der Waals surface area contributed by atoms with Crippen LogP contribution in [0, 0.1) is 22.7 Å². The van der Waals surface area contributed by atoms with Crippen molar-refractivity contribution in [2.24, 2.45) is 22.7 Å². The normalized spacial score (nSPS) is 26.2. The molecule has 3 rings (SSSR count). The van der Waals surface area contributed by atoms with Crippen LogP contribution < -0.4 is 0 Å². The molecule has 2 saturated carbocycles. The van der Waals surface area contributed by atoms with E-state index in [0.29, 0.717) is 36.8 Å². The van der Waals surface area contributed by atoms with Gasteiger partial charge in [0.15, 0.2) is 23.1 Å². The minimum absolute atomic E-state index is 0.0327. The second-order valence-electron chi connectivity index (χ2n) is 11.9. The maximum Gasteiger partial charge on any atom is 0.184 e. The van der Waals surface area contributed by atoms with Crippen molar-refractivity contribution in [2.75, 3.05) is 0 Å². The minimum Gasteiger partial charge on any atom is -0.506 e. The molecule has 0 aromatic heterocycles. The molecule has 2 fully saturated rings. The lowest BCUT2D eigenvalue weighted by molar-refractivity contribution is -0.162. The highest BCUT2D eigenvalue weighted by atomic mass is 16.3. The van der Waals surface area contributed by atoms with Crippen molar-refractivity contribution >= 4 is 28.9 Å². The van der Waals surface area contributed by atoms with E-state index < -0.39 is 28.3 Å². The Hall–Kier alpha value is -3.34. The molecule has 1 aromatic rings. The van der Waals surface area contributed by atoms with Gasteiger partial charge in [0, 0.05) is 12.0 Å². The molecule has 2 aliphatic rings. The average molecular weight is 517 g/mol. The Morgan fingerprint density at radius 1 is 1.03 bits per heavy atom. The fraction of sp³-hybridized carbons (Fsp3) is 0.455. The zero-order valence-corrected chi connectivity index (χ0v) is 23.5. The average Bonchev–Trinajstić information content (AvgIpc) is 2.85. The van der Waals surface area contributed by atoms with Crippen LogP contribution in [-0.2, 0) is 19.2 Å². The summed E-state index contributed by atoms with van der Waals surface area (Å²) in [6.07, 6.45) is 6.05. The Balaban J connectivity index is 2.07. The van der Waals surface area contributed by atoms with Gasteiger partial charge in [0.1, 0.15) is 11.3 Å². The number of carbonyl (C=O) groups is 4. The van der Waals surface area contributed by atoms with Gasteiger partial charge in [-0.1, -0.05) is 74.1 Å². The van der Waals surface area contributed by atoms with E-state index in [-0.39, 0.29) is 35.2 Å². The molecular weight excluding hydrogens is 476 g/mol. The summed E-state index contributed by atoms with van der Waals surface area (Å²) >= 11 is 0. The molecule has 2 aliphatic carbocycles. The third-order valence-electron chi connectivity index (χ3n) is 8.41. The molecule has 5 heteroatoms. The van der Waals surface area contributed by atoms with E-state index in [2.05, 4.69) is 12.7 Å². The number of allylic oxidation sites excluding steroid dienone is 6. The first kappa shape index (κ1) is 29.2. The first-order valence-corrected chi connectivity index (χ1v) is 13.3. The zero-order valence-electron chi connectivity index (χ0n) is 23.5. The topological polar surface area (TPSA) is 88.5 Å². The van der Waals surface area contributed by atoms with Crippen LogP contribution in [0.3, 0.4) is 0 Å². The molecule has 38 heavy (non-hydrogen) atoms. The van der Waals surface area contributed by atoms with Crippen molar-refractivity contribution < 1.29 is 24.3 Å². The third-order valence-corrected chi connectivity index (χ3v) is 8.41. The van der Waals surface area contributed by atoms with E-state index in [1.165, 1.54) is 0 Å². The summed E-state index contributed by atoms with van der Waals surface area (Å²) in [5.74, 6) is -2.95. The first-order chi connectivity index (χ1) is 17.7. The highest BCUT2D eigenvalue weighted by Crippen LogP contribution is 2.58. The molecule has 1 N–H and O–H groups in total. The van der Waals surface area contributed by atoms with Gasteiger partial charge < -0.3 is 5.11 Å². The number of benzene rings is 1. The van der Waals surface area contributed by atoms with Crippen LogP contribution in [0.15, 0.2) is 71.4 Å². The Morgan fingerprint density at radius 2 is 1.66 bits per heavy atom. The quantitative estimate of drug-likeness (QED) is 0.126. The lowest BCUT2D eigenvalue weighted by Crippen LogP contribution is -2.62. The highest BCUT2D eigenvalue weighted by Gasteiger charge is 2.66. The number of aliphatic hydroxyl groups is 1. The van der Waals surface area contributed by atoms with Gasteiger partial charge in [-0.2, -0.15) is 0 Å². The molecule has 0 saturated heterocycles. The van der Waals surface area contributed by atoms with Crippen LogP contribution in [0.4, 0.5) is 0 Å². The monoisotopic (exact) mass is 516 g/mol. The molecular formula is C33H40O5. The largest absolute Gasteiger partial charge is 0.506 e. The number of carbonyl (C=O) groups excluding carboxylic acids is 4. The maximum absolute atomic E-state index is 14.1. The molecule has 1 aromatic carbocycles. The molecule has 2 bridgehead atoms. The van der Waals surface area contributed by atoms with Crippen LogP contribution >= 0.6 is 0 Å². The Morgan fingerprint density at radius 3 is 2.24 bits per heavy atom. The van der Waals surface area contributed by atoms with Gasteiger partial charge in [0.25, 0.3) is 0 Å². The van der Waals surface area contributed by atoms with E-state index in [1.807, 2.05) is 40.7 Å². The van der Waals surface area contributed by atoms with Crippen LogP contribution in [0.25, 0.3) is 5.76 Å². The Bertz CT molecular complexity index is 1250. The summed E-state index contributed by atoms with van der Waals surface area (Å²) in [4.78, 5) is 53.9. The van der Waals surface area contributed by atoms with Gasteiger partial charge in [-0.05, 0) is 70.3 Å². The smallest absolute Gasteiger partial charge is 0.184 e. The third kappa shape index (κ3) is 5.43. The van der Waals surface area contributed by atoms with Crippen LogP contribution in [0.5, 0.6) is 0 Å². The van der Waals surface area contributed by atoms with Crippen molar-refractivity contribution in [1.82, 2.24) is 0 Å². The predicted octanol–water partition coefficient (Wildman–Crippen LogP) is 6.94. The summed E-state index contributed by atoms with van der Waals surface area (Å²) in [6.45, 7) is 15.1. The molecule has 0 spiro atoms. The van der Waals surface area contributed by atoms with Crippen molar-refractivity contribution in [3.8, 4) is 0 Å². The van der Waals surface area contributed by atoms with Gasteiger partial charge in [-0.15, -0.1) is 0 Å². The first-order valence-electron chi connectivity index (χ1n) is 13.3. The van der Waals surface area contributed by atoms with Gasteiger partial charge in [-0.25, -0.2) is 0 Å². The standard InChI is InChI=1S/C33H40O5/c1-20(2)17-18-33-19-24(15-13-22(5)14-16-25(34)21(3)4)32(6,7)27(31(33)38)29(36)26(30(33)37)28(35)23-11-9-8-10-12-23/h8-13,17,24,27,35H,3,14-16,18-19H2,1-2,4-7H3/b22-13+,28-26+/t24-,27+,33-/m1/s1. The van der Waals surface area contributed by atoms with E-state index in [9.17, 15) is 24.3 Å². The van der Waals surface area contributed by atoms with Crippen molar-refractivity contribution in [2.45, 2.75) is 73.6 Å². The summed E-state index contributed by atoms with van der Waals surface area (Å²) in [5.41, 5.74) is 0.576. The number of hydrogen-bond donors (Lipinski definition) is 1. The maximum atomic E-state index is 14.1. The molecule has 5 nitrogen and oxygen atoms in total.